The summed E-state index contributed by atoms with van der Waals surface area (Å²) in [5.74, 6) is 0. The molecule has 0 aromatic carbocycles. The van der Waals surface area contributed by atoms with Crippen LogP contribution in [0.5, 0.6) is 0 Å². The van der Waals surface area contributed by atoms with Gasteiger partial charge in [0, 0.05) is 0 Å². The first kappa shape index (κ1) is 53.9. The van der Waals surface area contributed by atoms with Crippen LogP contribution in [0.2, 0.25) is 0 Å². The van der Waals surface area contributed by atoms with Crippen LogP contribution in [0.3, 0.4) is 0 Å². The maximum absolute atomic E-state index is 0. The third kappa shape index (κ3) is 21.8. The first-order valence-corrected chi connectivity index (χ1v) is 0. The molecular weight excluding hydrogens is 134 g/mol. The Hall–Kier alpha value is 2.34. The summed E-state index contributed by atoms with van der Waals surface area (Å²) in [5, 5.41) is 0. The summed E-state index contributed by atoms with van der Waals surface area (Å²) in [6.45, 7) is 0. The maximum Gasteiger partial charge on any atom is 2.00 e. The van der Waals surface area contributed by atoms with E-state index in [9.17, 15) is 0 Å². The first-order valence-electron chi connectivity index (χ1n) is 0. The molecule has 0 aromatic rings. The van der Waals surface area contributed by atoms with Crippen molar-refractivity contribution >= 4 is 75.5 Å². The molecule has 5 heteroatoms. The van der Waals surface area contributed by atoms with Gasteiger partial charge in [-0.25, -0.2) is 0 Å². The Bertz CT molecular complexity index is 13.7. The van der Waals surface area contributed by atoms with Crippen LogP contribution in [0.1, 0.15) is 2.85 Å². The summed E-state index contributed by atoms with van der Waals surface area (Å²) in [6, 6.07) is 0. The van der Waals surface area contributed by atoms with E-state index in [0.717, 1.165) is 0 Å². The van der Waals surface area contributed by atoms with Gasteiger partial charge in [0.05, 0.1) is 0 Å². The van der Waals surface area contributed by atoms with Crippen molar-refractivity contribution in [2.45, 2.75) is 0 Å². The summed E-state index contributed by atoms with van der Waals surface area (Å²) < 4.78 is 0. The fourth-order valence-corrected chi connectivity index (χ4v) is 0. The third-order valence-electron chi connectivity index (χ3n) is 0. The van der Waals surface area contributed by atoms with Gasteiger partial charge in [0.25, 0.3) is 0 Å². The number of rotatable bonds is 0. The molecule has 5 heavy (non-hydrogen) atoms. The van der Waals surface area contributed by atoms with Crippen LogP contribution in [0, 0.1) is 0 Å². The van der Waals surface area contributed by atoms with Crippen LogP contribution >= 0.6 is 0 Å². The molecule has 2 N–H and O–H groups in total. The van der Waals surface area contributed by atoms with Crippen LogP contribution in [-0.4, -0.2) is 81.0 Å². The fourth-order valence-electron chi connectivity index (χ4n) is 0. The Kier molecular flexibility index (Phi) is 356. The summed E-state index contributed by atoms with van der Waals surface area (Å²) in [6.07, 6.45) is 0. The van der Waals surface area contributed by atoms with E-state index in [4.69, 9.17) is 0 Å². The van der Waals surface area contributed by atoms with E-state index in [2.05, 4.69) is 0 Å². The second kappa shape index (κ2) is 33.0. The summed E-state index contributed by atoms with van der Waals surface area (Å²) >= 11 is 0. The Labute approximate surface area is 91.5 Å². The summed E-state index contributed by atoms with van der Waals surface area (Å²) in [7, 11) is 0. The van der Waals surface area contributed by atoms with Crippen LogP contribution in [0.15, 0.2) is 0 Å². The van der Waals surface area contributed by atoms with Crippen molar-refractivity contribution in [3.05, 3.63) is 0 Å². The predicted octanol–water partition coefficient (Wildman–Crippen LogP) is -7.35. The van der Waals surface area contributed by atoms with Gasteiger partial charge in [0.15, 0.2) is 0 Å². The first-order chi connectivity index (χ1) is 0. The van der Waals surface area contributed by atoms with E-state index in [1.807, 2.05) is 0 Å². The van der Waals surface area contributed by atoms with Crippen molar-refractivity contribution in [2.75, 3.05) is 0 Å². The van der Waals surface area contributed by atoms with Gasteiger partial charge in [-0.1, -0.05) is 0 Å². The van der Waals surface area contributed by atoms with Crippen LogP contribution < -0.4 is 9.41 Å². The summed E-state index contributed by atoms with van der Waals surface area (Å²) in [4.78, 5) is 0. The molecule has 0 radical (unpaired) electrons. The monoisotopic (exact) mass is 138 g/mol. The zero-order valence-corrected chi connectivity index (χ0v) is 7.09. The van der Waals surface area contributed by atoms with Gasteiger partial charge in [-0.05, 0) is 0 Å². The molecule has 0 amide bonds. The van der Waals surface area contributed by atoms with Gasteiger partial charge in [0.2, 0.25) is 0 Å². The van der Waals surface area contributed by atoms with E-state index in [1.165, 1.54) is 0 Å². The molecule has 0 unspecified atom stereocenters. The van der Waals surface area contributed by atoms with Gasteiger partial charge in [-0.3, -0.25) is 0 Å². The van der Waals surface area contributed by atoms with Gasteiger partial charge in [0.1, 0.15) is 0 Å². The minimum absolute atomic E-state index is 0. The van der Waals surface area contributed by atoms with E-state index in [0.29, 0.717) is 0 Å². The molecule has 0 spiro atoms. The largest absolute Gasteiger partial charge is 2.00 e. The third-order valence-corrected chi connectivity index (χ3v) is 0. The average Bonchev–Trinajstić information content (AvgIpc) is 0. The minimum Gasteiger partial charge on any atom is -1.00 e. The van der Waals surface area contributed by atoms with Crippen molar-refractivity contribution in [3.63, 3.8) is 0 Å². The molecule has 0 aliphatic carbocycles. The molecule has 0 aliphatic heterocycles. The van der Waals surface area contributed by atoms with Gasteiger partial charge in [-0.15, -0.1) is 0 Å². The average molecular weight is 138 g/mol. The molecule has 0 saturated heterocycles. The second-order valence-electron chi connectivity index (χ2n) is 0. The van der Waals surface area contributed by atoms with Crippen molar-refractivity contribution in [3.8, 4) is 0 Å². The van der Waals surface area contributed by atoms with Crippen LogP contribution in [-0.2, 0) is 0 Å². The molecule has 0 aliphatic rings. The number of hydrogen-bond acceptors (Lipinski definition) is 0. The molecular formula is H4Ca2F2O. The molecule has 0 fully saturated rings. The molecule has 1 nitrogen and oxygen atoms in total. The van der Waals surface area contributed by atoms with Crippen LogP contribution in [0.25, 0.3) is 0 Å². The minimum atomic E-state index is 0. The molecule has 0 bridgehead atoms. The van der Waals surface area contributed by atoms with Crippen molar-refractivity contribution in [1.82, 2.24) is 0 Å². The van der Waals surface area contributed by atoms with Crippen molar-refractivity contribution in [2.24, 2.45) is 0 Å². The van der Waals surface area contributed by atoms with Gasteiger partial charge >= 0.3 is 75.5 Å². The van der Waals surface area contributed by atoms with Gasteiger partial charge < -0.3 is 17.7 Å². The summed E-state index contributed by atoms with van der Waals surface area (Å²) in [5.41, 5.74) is 0. The molecule has 0 atom stereocenters. The molecule has 0 aromatic heterocycles. The van der Waals surface area contributed by atoms with E-state index < -0.39 is 0 Å². The van der Waals surface area contributed by atoms with E-state index in [1.54, 1.807) is 0 Å². The van der Waals surface area contributed by atoms with Crippen molar-refractivity contribution in [1.29, 1.82) is 0 Å². The Morgan fingerprint density at radius 2 is 0.800 bits per heavy atom. The Balaban J connectivity index is 0. The molecule has 0 saturated carbocycles. The zero-order chi connectivity index (χ0) is 0. The number of halogens is 2. The Morgan fingerprint density at radius 3 is 0.800 bits per heavy atom. The topological polar surface area (TPSA) is 31.5 Å². The standard InChI is InChI=1S/2Ca.2FH.H2O.2H/h;;2*1H;1H2;;/q2*+2;;;;2*-1/p-2. The SMILES string of the molecule is O.[Ca+2].[Ca+2].[F-].[F-].[H-].[H-]. The van der Waals surface area contributed by atoms with Crippen molar-refractivity contribution < 1.29 is 17.7 Å². The smallest absolute Gasteiger partial charge is 1.00 e. The normalized spacial score (nSPS) is 0. The number of hydrogen-bond donors (Lipinski definition) is 0. The second-order valence-corrected chi connectivity index (χ2v) is 0. The Morgan fingerprint density at radius 1 is 0.800 bits per heavy atom. The predicted molar refractivity (Wildman–Crippen MR) is 17.3 cm³/mol. The molecule has 0 heterocycles. The van der Waals surface area contributed by atoms with Crippen LogP contribution in [0.4, 0.5) is 0 Å². The van der Waals surface area contributed by atoms with E-state index in [-0.39, 0.29) is 93.2 Å². The quantitative estimate of drug-likeness (QED) is 0.298. The maximum atomic E-state index is 0. The van der Waals surface area contributed by atoms with E-state index >= 15 is 0 Å². The molecule has 0 rings (SSSR count). The molecule has 28 valence electrons. The zero-order valence-electron chi connectivity index (χ0n) is 4.67. The fraction of sp³-hybridized carbons (Fsp3) is 0. The van der Waals surface area contributed by atoms with Gasteiger partial charge in [-0.2, -0.15) is 0 Å².